The van der Waals surface area contributed by atoms with E-state index in [1.165, 1.54) is 6.08 Å². The highest BCUT2D eigenvalue weighted by molar-refractivity contribution is 6.09. The number of nitrogens with one attached hydrogen (secondary N) is 1. The maximum atomic E-state index is 12.4. The van der Waals surface area contributed by atoms with Gasteiger partial charge >= 0.3 is 0 Å². The Labute approximate surface area is 163 Å². The van der Waals surface area contributed by atoms with Crippen molar-refractivity contribution in [2.75, 3.05) is 12.4 Å². The second-order valence-corrected chi connectivity index (χ2v) is 5.84. The molecule has 0 fully saturated rings. The topological polar surface area (TPSA) is 71.3 Å². The van der Waals surface area contributed by atoms with Crippen LogP contribution >= 0.6 is 0 Å². The number of methoxy groups -OCH3 is 1. The average Bonchev–Trinajstić information content (AvgIpc) is 2.74. The van der Waals surface area contributed by atoms with Crippen LogP contribution < -0.4 is 14.8 Å². The summed E-state index contributed by atoms with van der Waals surface area (Å²) in [4.78, 5) is 12.4. The molecule has 5 nitrogen and oxygen atoms in total. The Kier molecular flexibility index (Phi) is 6.06. The summed E-state index contributed by atoms with van der Waals surface area (Å²) in [5.41, 5.74) is 1.31. The number of nitrogens with zero attached hydrogens (tertiary/aromatic N) is 1. The third kappa shape index (κ3) is 4.99. The maximum absolute atomic E-state index is 12.4. The Hall–Kier alpha value is -4.04. The summed E-state index contributed by atoms with van der Waals surface area (Å²) in [5.74, 6) is 1.61. The molecule has 5 heteroatoms. The number of hydrogen-bond donors (Lipinski definition) is 1. The largest absolute Gasteiger partial charge is 0.497 e. The van der Waals surface area contributed by atoms with Gasteiger partial charge in [0.1, 0.15) is 28.9 Å². The van der Waals surface area contributed by atoms with Gasteiger partial charge in [0.2, 0.25) is 0 Å². The van der Waals surface area contributed by atoms with Gasteiger partial charge in [0.25, 0.3) is 5.91 Å². The zero-order chi connectivity index (χ0) is 19.8. The van der Waals surface area contributed by atoms with Gasteiger partial charge in [0.15, 0.2) is 0 Å². The lowest BCUT2D eigenvalue weighted by Gasteiger charge is -2.08. The number of amides is 1. The van der Waals surface area contributed by atoms with Gasteiger partial charge in [0.05, 0.1) is 7.11 Å². The zero-order valence-corrected chi connectivity index (χ0v) is 15.3. The quantitative estimate of drug-likeness (QED) is 0.488. The second-order valence-electron chi connectivity index (χ2n) is 5.84. The SMILES string of the molecule is COc1ccc(/C=C(/C#N)C(=O)Nc2ccc(Oc3ccccc3)cc2)cc1. The molecule has 28 heavy (non-hydrogen) atoms. The predicted octanol–water partition coefficient (Wildman–Crippen LogP) is 5.03. The number of benzene rings is 3. The fraction of sp³-hybridized carbons (Fsp3) is 0.0435. The highest BCUT2D eigenvalue weighted by Gasteiger charge is 2.10. The summed E-state index contributed by atoms with van der Waals surface area (Å²) >= 11 is 0. The molecule has 0 aliphatic carbocycles. The van der Waals surface area contributed by atoms with Crippen molar-refractivity contribution >= 4 is 17.7 Å². The molecule has 0 saturated carbocycles. The van der Waals surface area contributed by atoms with Crippen molar-refractivity contribution in [1.29, 1.82) is 5.26 Å². The summed E-state index contributed by atoms with van der Waals surface area (Å²) in [7, 11) is 1.58. The minimum Gasteiger partial charge on any atom is -0.497 e. The molecule has 3 aromatic rings. The van der Waals surface area contributed by atoms with Crippen LogP contribution in [-0.2, 0) is 4.79 Å². The lowest BCUT2D eigenvalue weighted by Crippen LogP contribution is -2.13. The predicted molar refractivity (Wildman–Crippen MR) is 108 cm³/mol. The first-order valence-corrected chi connectivity index (χ1v) is 8.58. The van der Waals surface area contributed by atoms with E-state index >= 15 is 0 Å². The summed E-state index contributed by atoms with van der Waals surface area (Å²) in [6, 6.07) is 25.4. The van der Waals surface area contributed by atoms with Crippen LogP contribution in [0.4, 0.5) is 5.69 Å². The zero-order valence-electron chi connectivity index (χ0n) is 15.3. The van der Waals surface area contributed by atoms with Crippen LogP contribution in [0.15, 0.2) is 84.4 Å². The first-order valence-electron chi connectivity index (χ1n) is 8.58. The number of anilines is 1. The van der Waals surface area contributed by atoms with Crippen LogP contribution in [0.1, 0.15) is 5.56 Å². The lowest BCUT2D eigenvalue weighted by molar-refractivity contribution is -0.112. The van der Waals surface area contributed by atoms with E-state index in [2.05, 4.69) is 5.32 Å². The molecule has 0 aromatic heterocycles. The number of hydrogen-bond acceptors (Lipinski definition) is 4. The summed E-state index contributed by atoms with van der Waals surface area (Å²) in [6.45, 7) is 0. The fourth-order valence-corrected chi connectivity index (χ4v) is 2.44. The van der Waals surface area contributed by atoms with E-state index in [1.807, 2.05) is 36.4 Å². The molecule has 0 bridgehead atoms. The number of rotatable bonds is 6. The van der Waals surface area contributed by atoms with Crippen LogP contribution in [-0.4, -0.2) is 13.0 Å². The van der Waals surface area contributed by atoms with E-state index in [0.717, 1.165) is 11.3 Å². The van der Waals surface area contributed by atoms with Crippen LogP contribution in [0.5, 0.6) is 17.2 Å². The Morgan fingerprint density at radius 1 is 0.893 bits per heavy atom. The first-order chi connectivity index (χ1) is 13.7. The number of carbonyl (C=O) groups is 1. The third-order valence-electron chi connectivity index (χ3n) is 3.88. The third-order valence-corrected chi connectivity index (χ3v) is 3.88. The van der Waals surface area contributed by atoms with E-state index in [-0.39, 0.29) is 5.57 Å². The van der Waals surface area contributed by atoms with Crippen LogP contribution in [0.25, 0.3) is 6.08 Å². The Bertz CT molecular complexity index is 1000. The molecule has 0 aliphatic rings. The van der Waals surface area contributed by atoms with E-state index in [1.54, 1.807) is 55.6 Å². The van der Waals surface area contributed by atoms with Gasteiger partial charge in [-0.2, -0.15) is 5.26 Å². The molecule has 0 saturated heterocycles. The number of nitriles is 1. The molecule has 0 spiro atoms. The molecule has 1 amide bonds. The molecule has 3 rings (SSSR count). The van der Waals surface area contributed by atoms with E-state index in [9.17, 15) is 10.1 Å². The van der Waals surface area contributed by atoms with E-state index in [4.69, 9.17) is 9.47 Å². The van der Waals surface area contributed by atoms with Crippen LogP contribution in [0.2, 0.25) is 0 Å². The van der Waals surface area contributed by atoms with Crippen molar-refractivity contribution in [3.63, 3.8) is 0 Å². The Morgan fingerprint density at radius 2 is 1.50 bits per heavy atom. The highest BCUT2D eigenvalue weighted by atomic mass is 16.5. The standard InChI is InChI=1S/C23H18N2O3/c1-27-20-11-7-17(8-12-20)15-18(16-24)23(26)25-19-9-13-22(14-10-19)28-21-5-3-2-4-6-21/h2-15H,1H3,(H,25,26)/b18-15-. The summed E-state index contributed by atoms with van der Waals surface area (Å²) < 4.78 is 10.8. The monoisotopic (exact) mass is 370 g/mol. The summed E-state index contributed by atoms with van der Waals surface area (Å²) in [6.07, 6.45) is 1.53. The van der Waals surface area contributed by atoms with Gasteiger partial charge in [0, 0.05) is 5.69 Å². The molecule has 0 radical (unpaired) electrons. The molecule has 0 atom stereocenters. The van der Waals surface area contributed by atoms with Gasteiger partial charge in [-0.05, 0) is 60.2 Å². The van der Waals surface area contributed by atoms with Gasteiger partial charge in [-0.15, -0.1) is 0 Å². The maximum Gasteiger partial charge on any atom is 0.266 e. The Morgan fingerprint density at radius 3 is 2.11 bits per heavy atom. The normalized spacial score (nSPS) is 10.6. The van der Waals surface area contributed by atoms with E-state index < -0.39 is 5.91 Å². The fourth-order valence-electron chi connectivity index (χ4n) is 2.44. The van der Waals surface area contributed by atoms with Gasteiger partial charge in [-0.3, -0.25) is 4.79 Å². The van der Waals surface area contributed by atoms with Crippen LogP contribution in [0, 0.1) is 11.3 Å². The van der Waals surface area contributed by atoms with Crippen molar-refractivity contribution in [1.82, 2.24) is 0 Å². The number of ether oxygens (including phenoxy) is 2. The molecular weight excluding hydrogens is 352 g/mol. The molecular formula is C23H18N2O3. The second kappa shape index (κ2) is 9.06. The lowest BCUT2D eigenvalue weighted by atomic mass is 10.1. The Balaban J connectivity index is 1.66. The van der Waals surface area contributed by atoms with Crippen molar-refractivity contribution < 1.29 is 14.3 Å². The summed E-state index contributed by atoms with van der Waals surface area (Å²) in [5, 5.41) is 12.0. The number of para-hydroxylation sites is 1. The molecule has 1 N–H and O–H groups in total. The van der Waals surface area contributed by atoms with Gasteiger partial charge in [-0.1, -0.05) is 30.3 Å². The highest BCUT2D eigenvalue weighted by Crippen LogP contribution is 2.23. The molecule has 3 aromatic carbocycles. The first kappa shape index (κ1) is 18.7. The molecule has 0 aliphatic heterocycles. The number of carbonyl (C=O) groups excluding carboxylic acids is 1. The average molecular weight is 370 g/mol. The van der Waals surface area contributed by atoms with Crippen molar-refractivity contribution in [2.45, 2.75) is 0 Å². The molecule has 0 unspecified atom stereocenters. The van der Waals surface area contributed by atoms with Crippen molar-refractivity contribution in [3.05, 3.63) is 90.0 Å². The smallest absolute Gasteiger partial charge is 0.266 e. The van der Waals surface area contributed by atoms with Crippen LogP contribution in [0.3, 0.4) is 0 Å². The minimum absolute atomic E-state index is 0.00905. The van der Waals surface area contributed by atoms with E-state index in [0.29, 0.717) is 17.2 Å². The minimum atomic E-state index is -0.477. The molecule has 0 heterocycles. The van der Waals surface area contributed by atoms with Crippen molar-refractivity contribution in [3.8, 4) is 23.3 Å². The van der Waals surface area contributed by atoms with Crippen molar-refractivity contribution in [2.24, 2.45) is 0 Å². The molecule has 138 valence electrons. The van der Waals surface area contributed by atoms with Gasteiger partial charge in [-0.25, -0.2) is 0 Å². The van der Waals surface area contributed by atoms with Gasteiger partial charge < -0.3 is 14.8 Å².